The van der Waals surface area contributed by atoms with Gasteiger partial charge in [-0.15, -0.1) is 0 Å². The van der Waals surface area contributed by atoms with Crippen molar-refractivity contribution < 1.29 is 4.39 Å². The molecule has 1 N–H and O–H groups in total. The third-order valence-electron chi connectivity index (χ3n) is 3.10. The highest BCUT2D eigenvalue weighted by molar-refractivity contribution is 9.10. The molecule has 0 aliphatic rings. The maximum atomic E-state index is 13.0. The van der Waals surface area contributed by atoms with E-state index in [-0.39, 0.29) is 5.82 Å². The van der Waals surface area contributed by atoms with Crippen molar-refractivity contribution in [2.45, 2.75) is 6.54 Å². The molecule has 2 nitrogen and oxygen atoms in total. The maximum Gasteiger partial charge on any atom is 0.124 e. The molecule has 1 heterocycles. The lowest BCUT2D eigenvalue weighted by Crippen LogP contribution is -2.00. The summed E-state index contributed by atoms with van der Waals surface area (Å²) >= 11 is 3.37. The normalized spacial score (nSPS) is 10.7. The largest absolute Gasteiger partial charge is 0.381 e. The molecule has 0 aliphatic carbocycles. The van der Waals surface area contributed by atoms with Gasteiger partial charge in [-0.3, -0.25) is 4.98 Å². The number of aromatic nitrogens is 1. The molecule has 3 rings (SSSR count). The van der Waals surface area contributed by atoms with Crippen molar-refractivity contribution >= 4 is 32.5 Å². The first-order chi connectivity index (χ1) is 9.72. The molecule has 0 amide bonds. The van der Waals surface area contributed by atoms with E-state index in [4.69, 9.17) is 0 Å². The van der Waals surface area contributed by atoms with Gasteiger partial charge in [-0.25, -0.2) is 4.39 Å². The number of rotatable bonds is 3. The van der Waals surface area contributed by atoms with Gasteiger partial charge in [0.25, 0.3) is 0 Å². The third-order valence-corrected chi connectivity index (χ3v) is 3.84. The van der Waals surface area contributed by atoms with Gasteiger partial charge in [0.15, 0.2) is 0 Å². The fraction of sp³-hybridized carbons (Fsp3) is 0.0625. The third kappa shape index (κ3) is 2.80. The minimum absolute atomic E-state index is 0.239. The van der Waals surface area contributed by atoms with Gasteiger partial charge in [0.1, 0.15) is 5.82 Å². The predicted molar refractivity (Wildman–Crippen MR) is 83.2 cm³/mol. The van der Waals surface area contributed by atoms with Crippen LogP contribution in [0.3, 0.4) is 0 Å². The molecule has 0 unspecified atom stereocenters. The minimum Gasteiger partial charge on any atom is -0.381 e. The number of fused-ring (bicyclic) bond motifs is 1. The SMILES string of the molecule is Fc1ccc(CNc2ccc3ncccc3c2)c(Br)c1. The zero-order chi connectivity index (χ0) is 13.9. The first-order valence-corrected chi connectivity index (χ1v) is 7.04. The number of hydrogen-bond donors (Lipinski definition) is 1. The van der Waals surface area contributed by atoms with E-state index < -0.39 is 0 Å². The Morgan fingerprint density at radius 1 is 1.10 bits per heavy atom. The smallest absolute Gasteiger partial charge is 0.124 e. The highest BCUT2D eigenvalue weighted by Gasteiger charge is 2.02. The van der Waals surface area contributed by atoms with Gasteiger partial charge in [-0.05, 0) is 42.0 Å². The summed E-state index contributed by atoms with van der Waals surface area (Å²) in [5.74, 6) is -0.239. The Labute approximate surface area is 124 Å². The summed E-state index contributed by atoms with van der Waals surface area (Å²) in [6.07, 6.45) is 1.78. The molecule has 0 fully saturated rings. The van der Waals surface area contributed by atoms with Gasteiger partial charge in [0.2, 0.25) is 0 Å². The van der Waals surface area contributed by atoms with E-state index in [2.05, 4.69) is 32.3 Å². The van der Waals surface area contributed by atoms with E-state index in [9.17, 15) is 4.39 Å². The summed E-state index contributed by atoms with van der Waals surface area (Å²) < 4.78 is 13.8. The Bertz CT molecular complexity index is 758. The number of benzene rings is 2. The zero-order valence-corrected chi connectivity index (χ0v) is 12.2. The van der Waals surface area contributed by atoms with Crippen LogP contribution in [-0.4, -0.2) is 4.98 Å². The summed E-state index contributed by atoms with van der Waals surface area (Å²) in [5.41, 5.74) is 3.00. The highest BCUT2D eigenvalue weighted by Crippen LogP contribution is 2.21. The van der Waals surface area contributed by atoms with Crippen LogP contribution >= 0.6 is 15.9 Å². The van der Waals surface area contributed by atoms with Gasteiger partial charge < -0.3 is 5.32 Å². The van der Waals surface area contributed by atoms with Crippen molar-refractivity contribution in [3.63, 3.8) is 0 Å². The van der Waals surface area contributed by atoms with Gasteiger partial charge in [0.05, 0.1) is 5.52 Å². The molecule has 0 atom stereocenters. The molecule has 3 aromatic rings. The van der Waals surface area contributed by atoms with Crippen LogP contribution in [0.4, 0.5) is 10.1 Å². The first-order valence-electron chi connectivity index (χ1n) is 6.25. The molecule has 2 aromatic carbocycles. The van der Waals surface area contributed by atoms with Crippen LogP contribution in [0, 0.1) is 5.82 Å². The lowest BCUT2D eigenvalue weighted by Gasteiger charge is -2.09. The molecule has 1 aromatic heterocycles. The van der Waals surface area contributed by atoms with Crippen LogP contribution in [-0.2, 0) is 6.54 Å². The van der Waals surface area contributed by atoms with Gasteiger partial charge >= 0.3 is 0 Å². The topological polar surface area (TPSA) is 24.9 Å². The van der Waals surface area contributed by atoms with Crippen molar-refractivity contribution in [1.29, 1.82) is 0 Å². The molecule has 0 radical (unpaired) electrons. The summed E-state index contributed by atoms with van der Waals surface area (Å²) in [5, 5.41) is 4.43. The Morgan fingerprint density at radius 2 is 2.00 bits per heavy atom. The van der Waals surface area contributed by atoms with E-state index >= 15 is 0 Å². The fourth-order valence-electron chi connectivity index (χ4n) is 2.05. The van der Waals surface area contributed by atoms with Crippen LogP contribution in [0.25, 0.3) is 10.9 Å². The van der Waals surface area contributed by atoms with Gasteiger partial charge in [-0.2, -0.15) is 0 Å². The second-order valence-corrected chi connectivity index (χ2v) is 5.35. The molecule has 0 aliphatic heterocycles. The molecule has 0 spiro atoms. The number of nitrogens with zero attached hydrogens (tertiary/aromatic N) is 1. The summed E-state index contributed by atoms with van der Waals surface area (Å²) in [6, 6.07) is 14.7. The van der Waals surface area contributed by atoms with Gasteiger partial charge in [-0.1, -0.05) is 28.1 Å². The van der Waals surface area contributed by atoms with Crippen LogP contribution in [0.1, 0.15) is 5.56 Å². The summed E-state index contributed by atoms with van der Waals surface area (Å²) in [7, 11) is 0. The molecule has 4 heteroatoms. The average molecular weight is 331 g/mol. The average Bonchev–Trinajstić information content (AvgIpc) is 2.46. The monoisotopic (exact) mass is 330 g/mol. The fourth-order valence-corrected chi connectivity index (χ4v) is 2.54. The number of hydrogen-bond acceptors (Lipinski definition) is 2. The maximum absolute atomic E-state index is 13.0. The Hall–Kier alpha value is -1.94. The Balaban J connectivity index is 1.79. The van der Waals surface area contributed by atoms with Crippen molar-refractivity contribution in [3.05, 3.63) is 70.6 Å². The molecule has 0 saturated carbocycles. The van der Waals surface area contributed by atoms with Gasteiger partial charge in [0, 0.05) is 28.3 Å². The second-order valence-electron chi connectivity index (χ2n) is 4.50. The lowest BCUT2D eigenvalue weighted by atomic mass is 10.2. The lowest BCUT2D eigenvalue weighted by molar-refractivity contribution is 0.626. The predicted octanol–water partition coefficient (Wildman–Crippen LogP) is 4.75. The molecule has 100 valence electrons. The highest BCUT2D eigenvalue weighted by atomic mass is 79.9. The second kappa shape index (κ2) is 5.59. The molecular formula is C16H12BrFN2. The van der Waals surface area contributed by atoms with E-state index in [0.717, 1.165) is 26.6 Å². The Morgan fingerprint density at radius 3 is 2.85 bits per heavy atom. The van der Waals surface area contributed by atoms with Crippen LogP contribution < -0.4 is 5.32 Å². The zero-order valence-electron chi connectivity index (χ0n) is 10.6. The van der Waals surface area contributed by atoms with Crippen molar-refractivity contribution in [1.82, 2.24) is 4.98 Å². The van der Waals surface area contributed by atoms with E-state index in [0.29, 0.717) is 6.54 Å². The summed E-state index contributed by atoms with van der Waals surface area (Å²) in [4.78, 5) is 4.29. The van der Waals surface area contributed by atoms with E-state index in [1.807, 2.05) is 24.3 Å². The Kier molecular flexibility index (Phi) is 3.65. The number of halogens is 2. The van der Waals surface area contributed by atoms with Crippen molar-refractivity contribution in [3.8, 4) is 0 Å². The molecular weight excluding hydrogens is 319 g/mol. The van der Waals surface area contributed by atoms with Crippen molar-refractivity contribution in [2.24, 2.45) is 0 Å². The van der Waals surface area contributed by atoms with Crippen LogP contribution in [0.15, 0.2) is 59.2 Å². The number of anilines is 1. The first kappa shape index (κ1) is 13.1. The summed E-state index contributed by atoms with van der Waals surface area (Å²) in [6.45, 7) is 0.632. The molecule has 20 heavy (non-hydrogen) atoms. The molecule has 0 bridgehead atoms. The van der Waals surface area contributed by atoms with E-state index in [1.54, 1.807) is 12.3 Å². The number of nitrogens with one attached hydrogen (secondary N) is 1. The number of pyridine rings is 1. The van der Waals surface area contributed by atoms with Crippen LogP contribution in [0.5, 0.6) is 0 Å². The van der Waals surface area contributed by atoms with Crippen molar-refractivity contribution in [2.75, 3.05) is 5.32 Å². The molecule has 0 saturated heterocycles. The quantitative estimate of drug-likeness (QED) is 0.749. The standard InChI is InChI=1S/C16H12BrFN2/c17-15-9-13(18)4-3-12(15)10-20-14-5-6-16-11(8-14)2-1-7-19-16/h1-9,20H,10H2. The van der Waals surface area contributed by atoms with Crippen LogP contribution in [0.2, 0.25) is 0 Å². The van der Waals surface area contributed by atoms with E-state index in [1.165, 1.54) is 12.1 Å². The minimum atomic E-state index is -0.239.